The maximum Gasteiger partial charge on any atom is 0.434 e. The Balaban J connectivity index is 4.06. The molecule has 0 atom stereocenters. The van der Waals surface area contributed by atoms with Crippen molar-refractivity contribution in [3.8, 4) is 0 Å². The molecule has 0 aromatic heterocycles. The van der Waals surface area contributed by atoms with E-state index in [1.54, 1.807) is 0 Å². The van der Waals surface area contributed by atoms with Crippen LogP contribution >= 0.6 is 15.9 Å². The van der Waals surface area contributed by atoms with E-state index in [1.807, 2.05) is 20.8 Å². The third kappa shape index (κ3) is 5.87. The summed E-state index contributed by atoms with van der Waals surface area (Å²) in [4.78, 5) is 16.2. The van der Waals surface area contributed by atoms with Gasteiger partial charge in [-0.15, -0.1) is 0 Å². The van der Waals surface area contributed by atoms with E-state index in [-0.39, 0.29) is 0 Å². The molecular weight excluding hydrogens is 238 g/mol. The van der Waals surface area contributed by atoms with Crippen LogP contribution in [0.25, 0.3) is 0 Å². The van der Waals surface area contributed by atoms with E-state index in [2.05, 4.69) is 15.9 Å². The number of carbonyl (C=O) groups excluding carboxylic acids is 1. The zero-order chi connectivity index (χ0) is 10.5. The summed E-state index contributed by atoms with van der Waals surface area (Å²) in [5, 5.41) is 1.82. The van der Waals surface area contributed by atoms with Crippen LogP contribution in [0.1, 0.15) is 20.8 Å². The van der Waals surface area contributed by atoms with Crippen LogP contribution in [-0.4, -0.2) is 35.7 Å². The Morgan fingerprint density at radius 3 is 2.31 bits per heavy atom. The molecule has 0 rings (SSSR count). The largest absolute Gasteiger partial charge is 0.442 e. The van der Waals surface area contributed by atoms with E-state index < -0.39 is 11.7 Å². The van der Waals surface area contributed by atoms with Crippen molar-refractivity contribution >= 4 is 22.0 Å². The summed E-state index contributed by atoms with van der Waals surface area (Å²) in [5.41, 5.74) is -0.486. The van der Waals surface area contributed by atoms with Crippen molar-refractivity contribution in [1.82, 2.24) is 5.06 Å². The minimum absolute atomic E-state index is 0.463. The van der Waals surface area contributed by atoms with E-state index in [4.69, 9.17) is 9.57 Å². The normalized spacial score (nSPS) is 11.2. The lowest BCUT2D eigenvalue weighted by Crippen LogP contribution is -2.37. The fourth-order valence-corrected chi connectivity index (χ4v) is 0.969. The first kappa shape index (κ1) is 12.7. The maximum atomic E-state index is 11.3. The van der Waals surface area contributed by atoms with E-state index in [9.17, 15) is 4.79 Å². The van der Waals surface area contributed by atoms with Crippen molar-refractivity contribution in [3.63, 3.8) is 0 Å². The smallest absolute Gasteiger partial charge is 0.434 e. The van der Waals surface area contributed by atoms with Crippen LogP contribution in [0.15, 0.2) is 0 Å². The molecule has 0 saturated carbocycles. The lowest BCUT2D eigenvalue weighted by molar-refractivity contribution is -0.119. The third-order valence-electron chi connectivity index (χ3n) is 1.11. The van der Waals surface area contributed by atoms with Gasteiger partial charge in [0.05, 0.1) is 13.7 Å². The molecule has 0 N–H and O–H groups in total. The molecule has 5 heteroatoms. The average molecular weight is 254 g/mol. The Morgan fingerprint density at radius 2 is 2.00 bits per heavy atom. The molecular formula is C8H16BrNO3. The van der Waals surface area contributed by atoms with Crippen molar-refractivity contribution in [1.29, 1.82) is 0 Å². The van der Waals surface area contributed by atoms with E-state index in [0.29, 0.717) is 11.9 Å². The van der Waals surface area contributed by atoms with Crippen LogP contribution in [-0.2, 0) is 9.57 Å². The molecule has 0 heterocycles. The van der Waals surface area contributed by atoms with E-state index in [1.165, 1.54) is 12.2 Å². The van der Waals surface area contributed by atoms with Crippen LogP contribution in [0.5, 0.6) is 0 Å². The molecule has 1 amide bonds. The predicted octanol–water partition coefficient (Wildman–Crippen LogP) is 2.18. The number of hydrogen-bond donors (Lipinski definition) is 0. The second-order valence-corrected chi connectivity index (χ2v) is 4.25. The molecule has 4 nitrogen and oxygen atoms in total. The SMILES string of the molecule is CON(CCBr)C(=O)OC(C)(C)C. The molecule has 0 aliphatic heterocycles. The number of hydroxylamine groups is 2. The minimum atomic E-state index is -0.486. The molecule has 0 spiro atoms. The summed E-state index contributed by atoms with van der Waals surface area (Å²) < 4.78 is 5.08. The van der Waals surface area contributed by atoms with Gasteiger partial charge in [-0.2, -0.15) is 5.06 Å². The van der Waals surface area contributed by atoms with Gasteiger partial charge in [0.1, 0.15) is 5.60 Å². The number of halogens is 1. The number of nitrogens with zero attached hydrogens (tertiary/aromatic N) is 1. The van der Waals surface area contributed by atoms with Gasteiger partial charge in [-0.05, 0) is 20.8 Å². The molecule has 0 aromatic carbocycles. The molecule has 0 bridgehead atoms. The number of carbonyl (C=O) groups is 1. The number of ether oxygens (including phenoxy) is 1. The van der Waals surface area contributed by atoms with Crippen LogP contribution in [0.4, 0.5) is 4.79 Å². The molecule has 0 aliphatic rings. The molecule has 0 aromatic rings. The summed E-state index contributed by atoms with van der Waals surface area (Å²) in [7, 11) is 1.44. The molecule has 0 fully saturated rings. The summed E-state index contributed by atoms with van der Waals surface area (Å²) in [6, 6.07) is 0. The van der Waals surface area contributed by atoms with Crippen molar-refractivity contribution in [2.24, 2.45) is 0 Å². The molecule has 78 valence electrons. The fraction of sp³-hybridized carbons (Fsp3) is 0.875. The van der Waals surface area contributed by atoms with Crippen molar-refractivity contribution < 1.29 is 14.4 Å². The predicted molar refractivity (Wildman–Crippen MR) is 53.7 cm³/mol. The quantitative estimate of drug-likeness (QED) is 0.572. The summed E-state index contributed by atoms with van der Waals surface area (Å²) in [6.07, 6.45) is -0.463. The molecule has 0 saturated heterocycles. The number of hydrogen-bond acceptors (Lipinski definition) is 3. The van der Waals surface area contributed by atoms with Gasteiger partial charge in [-0.25, -0.2) is 4.79 Å². The van der Waals surface area contributed by atoms with Crippen molar-refractivity contribution in [2.45, 2.75) is 26.4 Å². The monoisotopic (exact) mass is 253 g/mol. The van der Waals surface area contributed by atoms with Gasteiger partial charge >= 0.3 is 6.09 Å². The van der Waals surface area contributed by atoms with Crippen LogP contribution in [0, 0.1) is 0 Å². The Labute approximate surface area is 87.3 Å². The highest BCUT2D eigenvalue weighted by molar-refractivity contribution is 9.09. The van der Waals surface area contributed by atoms with Crippen LogP contribution in [0.2, 0.25) is 0 Å². The Hall–Kier alpha value is -0.290. The number of amides is 1. The highest BCUT2D eigenvalue weighted by Crippen LogP contribution is 2.09. The van der Waals surface area contributed by atoms with Crippen molar-refractivity contribution in [3.05, 3.63) is 0 Å². The molecule has 13 heavy (non-hydrogen) atoms. The lowest BCUT2D eigenvalue weighted by atomic mass is 10.2. The summed E-state index contributed by atoms with van der Waals surface area (Å²) in [6.45, 7) is 5.90. The molecule has 0 unspecified atom stereocenters. The third-order valence-corrected chi connectivity index (χ3v) is 1.46. The van der Waals surface area contributed by atoms with Gasteiger partial charge < -0.3 is 4.74 Å². The highest BCUT2D eigenvalue weighted by atomic mass is 79.9. The Bertz CT molecular complexity index is 167. The minimum Gasteiger partial charge on any atom is -0.442 e. The van der Waals surface area contributed by atoms with Crippen LogP contribution in [0.3, 0.4) is 0 Å². The lowest BCUT2D eigenvalue weighted by Gasteiger charge is -2.24. The first-order valence-corrected chi connectivity index (χ1v) is 5.13. The van der Waals surface area contributed by atoms with Crippen LogP contribution < -0.4 is 0 Å². The topological polar surface area (TPSA) is 38.8 Å². The zero-order valence-corrected chi connectivity index (χ0v) is 10.1. The zero-order valence-electron chi connectivity index (χ0n) is 8.46. The average Bonchev–Trinajstić information content (AvgIpc) is 1.96. The molecule has 0 radical (unpaired) electrons. The van der Waals surface area contributed by atoms with Gasteiger partial charge in [0.2, 0.25) is 0 Å². The Kier molecular flexibility index (Phi) is 5.32. The van der Waals surface area contributed by atoms with Gasteiger partial charge in [0, 0.05) is 5.33 Å². The number of alkyl halides is 1. The second kappa shape index (κ2) is 5.44. The second-order valence-electron chi connectivity index (χ2n) is 3.45. The van der Waals surface area contributed by atoms with Gasteiger partial charge in [-0.3, -0.25) is 4.84 Å². The summed E-state index contributed by atoms with van der Waals surface area (Å²) >= 11 is 3.21. The maximum absolute atomic E-state index is 11.3. The fourth-order valence-electron chi connectivity index (χ4n) is 0.647. The molecule has 0 aliphatic carbocycles. The highest BCUT2D eigenvalue weighted by Gasteiger charge is 2.21. The Morgan fingerprint density at radius 1 is 1.46 bits per heavy atom. The standard InChI is InChI=1S/C8H16BrNO3/c1-8(2,3)13-7(11)10(12-4)6-5-9/h5-6H2,1-4H3. The van der Waals surface area contributed by atoms with Gasteiger partial charge in [0.15, 0.2) is 0 Å². The van der Waals surface area contributed by atoms with Crippen molar-refractivity contribution in [2.75, 3.05) is 19.0 Å². The van der Waals surface area contributed by atoms with E-state index in [0.717, 1.165) is 0 Å². The first-order valence-electron chi connectivity index (χ1n) is 4.01. The summed E-state index contributed by atoms with van der Waals surface area (Å²) in [5.74, 6) is 0. The van der Waals surface area contributed by atoms with Gasteiger partial charge in [0.25, 0.3) is 0 Å². The van der Waals surface area contributed by atoms with E-state index >= 15 is 0 Å². The first-order chi connectivity index (χ1) is 5.90. The number of rotatable bonds is 3. The van der Waals surface area contributed by atoms with Gasteiger partial charge in [-0.1, -0.05) is 15.9 Å².